The molecule has 0 heterocycles. The largest absolute Gasteiger partial charge is 0.487 e. The van der Waals surface area contributed by atoms with Gasteiger partial charge in [0.1, 0.15) is 18.2 Å². The summed E-state index contributed by atoms with van der Waals surface area (Å²) in [6.45, 7) is 0.131. The van der Waals surface area contributed by atoms with E-state index in [2.05, 4.69) is 0 Å². The van der Waals surface area contributed by atoms with Gasteiger partial charge in [-0.3, -0.25) is 0 Å². The molecule has 2 aromatic rings. The van der Waals surface area contributed by atoms with Gasteiger partial charge in [0.25, 0.3) is 0 Å². The highest BCUT2D eigenvalue weighted by Crippen LogP contribution is 2.28. The quantitative estimate of drug-likeness (QED) is 0.854. The summed E-state index contributed by atoms with van der Waals surface area (Å²) < 4.78 is 18.5. The van der Waals surface area contributed by atoms with Gasteiger partial charge in [0.2, 0.25) is 0 Å². The van der Waals surface area contributed by atoms with E-state index < -0.39 is 5.82 Å². The van der Waals surface area contributed by atoms with Crippen LogP contribution in [-0.2, 0) is 6.61 Å². The SMILES string of the molecule is Nc1ccc(F)cc1OCc1c(Cl)cccc1Cl. The van der Waals surface area contributed by atoms with Gasteiger partial charge in [-0.1, -0.05) is 29.3 Å². The molecule has 0 amide bonds. The summed E-state index contributed by atoms with van der Waals surface area (Å²) in [4.78, 5) is 0. The zero-order chi connectivity index (χ0) is 13.1. The average Bonchev–Trinajstić information content (AvgIpc) is 2.33. The third kappa shape index (κ3) is 2.86. The van der Waals surface area contributed by atoms with Gasteiger partial charge in [0.15, 0.2) is 0 Å². The molecule has 2 N–H and O–H groups in total. The van der Waals surface area contributed by atoms with E-state index in [1.807, 2.05) is 0 Å². The van der Waals surface area contributed by atoms with Crippen LogP contribution in [0.25, 0.3) is 0 Å². The molecule has 0 radical (unpaired) electrons. The van der Waals surface area contributed by atoms with Crippen LogP contribution in [0.2, 0.25) is 10.0 Å². The molecular formula is C13H10Cl2FNO. The average molecular weight is 286 g/mol. The minimum atomic E-state index is -0.413. The smallest absolute Gasteiger partial charge is 0.145 e. The van der Waals surface area contributed by atoms with Gasteiger partial charge in [0.05, 0.1) is 5.69 Å². The maximum atomic E-state index is 13.0. The van der Waals surface area contributed by atoms with E-state index in [4.69, 9.17) is 33.7 Å². The van der Waals surface area contributed by atoms with Crippen LogP contribution in [0, 0.1) is 5.82 Å². The summed E-state index contributed by atoms with van der Waals surface area (Å²) in [5.41, 5.74) is 6.68. The number of ether oxygens (including phenoxy) is 1. The number of halogens is 3. The molecule has 0 aliphatic rings. The van der Waals surface area contributed by atoms with E-state index in [-0.39, 0.29) is 12.4 Å². The van der Waals surface area contributed by atoms with Gasteiger partial charge in [-0.05, 0) is 24.3 Å². The predicted molar refractivity (Wildman–Crippen MR) is 71.6 cm³/mol. The molecule has 2 aromatic carbocycles. The van der Waals surface area contributed by atoms with E-state index in [0.29, 0.717) is 21.3 Å². The van der Waals surface area contributed by atoms with Crippen molar-refractivity contribution in [1.29, 1.82) is 0 Å². The van der Waals surface area contributed by atoms with Crippen molar-refractivity contribution in [3.63, 3.8) is 0 Å². The first-order chi connectivity index (χ1) is 8.58. The molecule has 0 saturated heterocycles. The lowest BCUT2D eigenvalue weighted by Crippen LogP contribution is -2.00. The number of anilines is 1. The Balaban J connectivity index is 2.19. The molecular weight excluding hydrogens is 276 g/mol. The molecule has 0 aliphatic heterocycles. The standard InChI is InChI=1S/C13H10Cl2FNO/c14-10-2-1-3-11(15)9(10)7-18-13-6-8(16)4-5-12(13)17/h1-6H,7,17H2. The Morgan fingerprint density at radius 1 is 1.11 bits per heavy atom. The fourth-order valence-corrected chi connectivity index (χ4v) is 1.96. The van der Waals surface area contributed by atoms with Crippen LogP contribution in [0.15, 0.2) is 36.4 Å². The van der Waals surface area contributed by atoms with E-state index in [9.17, 15) is 4.39 Å². The Bertz CT molecular complexity index is 555. The highest BCUT2D eigenvalue weighted by Gasteiger charge is 2.08. The van der Waals surface area contributed by atoms with Crippen LogP contribution in [0.4, 0.5) is 10.1 Å². The summed E-state index contributed by atoms with van der Waals surface area (Å²) in [5, 5.41) is 0.995. The normalized spacial score (nSPS) is 10.4. The molecule has 2 nitrogen and oxygen atoms in total. The van der Waals surface area contributed by atoms with Gasteiger partial charge >= 0.3 is 0 Å². The molecule has 0 aromatic heterocycles. The Kier molecular flexibility index (Phi) is 3.94. The molecule has 18 heavy (non-hydrogen) atoms. The lowest BCUT2D eigenvalue weighted by molar-refractivity contribution is 0.306. The molecule has 0 fully saturated rings. The lowest BCUT2D eigenvalue weighted by atomic mass is 10.2. The Labute approximate surface area is 114 Å². The second-order valence-electron chi connectivity index (χ2n) is 3.67. The van der Waals surface area contributed by atoms with Gasteiger partial charge < -0.3 is 10.5 Å². The third-order valence-corrected chi connectivity index (χ3v) is 3.12. The van der Waals surface area contributed by atoms with Gasteiger partial charge in [-0.2, -0.15) is 0 Å². The number of rotatable bonds is 3. The molecule has 2 rings (SSSR count). The third-order valence-electron chi connectivity index (χ3n) is 2.41. The lowest BCUT2D eigenvalue weighted by Gasteiger charge is -2.11. The van der Waals surface area contributed by atoms with Crippen LogP contribution in [0.3, 0.4) is 0 Å². The number of benzene rings is 2. The Morgan fingerprint density at radius 3 is 2.44 bits per heavy atom. The van der Waals surface area contributed by atoms with Gasteiger partial charge in [-0.25, -0.2) is 4.39 Å². The zero-order valence-corrected chi connectivity index (χ0v) is 10.8. The summed E-state index contributed by atoms with van der Waals surface area (Å²) in [5.74, 6) is -0.143. The van der Waals surface area contributed by atoms with Crippen molar-refractivity contribution < 1.29 is 9.13 Å². The van der Waals surface area contributed by atoms with Crippen LogP contribution >= 0.6 is 23.2 Å². The van der Waals surface area contributed by atoms with Crippen LogP contribution < -0.4 is 10.5 Å². The molecule has 0 saturated carbocycles. The monoisotopic (exact) mass is 285 g/mol. The van der Waals surface area contributed by atoms with Crippen molar-refractivity contribution in [2.24, 2.45) is 0 Å². The van der Waals surface area contributed by atoms with Crippen LogP contribution in [0.1, 0.15) is 5.56 Å². The summed E-state index contributed by atoms with van der Waals surface area (Å²) >= 11 is 12.0. The fraction of sp³-hybridized carbons (Fsp3) is 0.0769. The maximum absolute atomic E-state index is 13.0. The number of hydrogen-bond donors (Lipinski definition) is 1. The Hall–Kier alpha value is -1.45. The van der Waals surface area contributed by atoms with Crippen molar-refractivity contribution in [2.75, 3.05) is 5.73 Å². The summed E-state index contributed by atoms with van der Waals surface area (Å²) in [6, 6.07) is 9.09. The molecule has 0 unspecified atom stereocenters. The molecule has 5 heteroatoms. The molecule has 94 valence electrons. The minimum absolute atomic E-state index is 0.131. The topological polar surface area (TPSA) is 35.2 Å². The van der Waals surface area contributed by atoms with E-state index in [0.717, 1.165) is 0 Å². The molecule has 0 aliphatic carbocycles. The minimum Gasteiger partial charge on any atom is -0.487 e. The first-order valence-electron chi connectivity index (χ1n) is 5.18. The summed E-state index contributed by atoms with van der Waals surface area (Å²) in [6.07, 6.45) is 0. The first kappa shape index (κ1) is 13.0. The number of nitrogens with two attached hydrogens (primary N) is 1. The molecule has 0 atom stereocenters. The van der Waals surface area contributed by atoms with E-state index >= 15 is 0 Å². The Morgan fingerprint density at radius 2 is 1.78 bits per heavy atom. The predicted octanol–water partition coefficient (Wildman–Crippen LogP) is 4.29. The second-order valence-corrected chi connectivity index (χ2v) is 4.49. The van der Waals surface area contributed by atoms with Crippen molar-refractivity contribution >= 4 is 28.9 Å². The maximum Gasteiger partial charge on any atom is 0.145 e. The van der Waals surface area contributed by atoms with Gasteiger partial charge in [0, 0.05) is 21.7 Å². The second kappa shape index (κ2) is 5.46. The number of nitrogen functional groups attached to an aromatic ring is 1. The van der Waals surface area contributed by atoms with Crippen molar-refractivity contribution in [3.8, 4) is 5.75 Å². The van der Waals surface area contributed by atoms with Crippen molar-refractivity contribution in [1.82, 2.24) is 0 Å². The first-order valence-corrected chi connectivity index (χ1v) is 5.94. The van der Waals surface area contributed by atoms with Crippen LogP contribution in [-0.4, -0.2) is 0 Å². The van der Waals surface area contributed by atoms with E-state index in [1.54, 1.807) is 18.2 Å². The number of hydrogen-bond acceptors (Lipinski definition) is 2. The fourth-order valence-electron chi connectivity index (χ4n) is 1.45. The molecule has 0 bridgehead atoms. The van der Waals surface area contributed by atoms with Gasteiger partial charge in [-0.15, -0.1) is 0 Å². The summed E-state index contributed by atoms with van der Waals surface area (Å²) in [7, 11) is 0. The molecule has 0 spiro atoms. The van der Waals surface area contributed by atoms with Crippen LogP contribution in [0.5, 0.6) is 5.75 Å². The van der Waals surface area contributed by atoms with E-state index in [1.165, 1.54) is 18.2 Å². The zero-order valence-electron chi connectivity index (χ0n) is 9.29. The van der Waals surface area contributed by atoms with Crippen molar-refractivity contribution in [2.45, 2.75) is 6.61 Å². The highest BCUT2D eigenvalue weighted by atomic mass is 35.5. The highest BCUT2D eigenvalue weighted by molar-refractivity contribution is 6.35. The van der Waals surface area contributed by atoms with Crippen molar-refractivity contribution in [3.05, 3.63) is 57.8 Å².